The van der Waals surface area contributed by atoms with Gasteiger partial charge in [0.2, 0.25) is 0 Å². The molecule has 4 nitrogen and oxygen atoms in total. The second kappa shape index (κ2) is 4.37. The van der Waals surface area contributed by atoms with Crippen molar-refractivity contribution in [1.82, 2.24) is 4.90 Å². The molecule has 1 heterocycles. The van der Waals surface area contributed by atoms with E-state index in [2.05, 4.69) is 10.5 Å². The first-order valence-corrected chi connectivity index (χ1v) is 5.26. The number of esters is 1. The molecule has 2 rings (SSSR count). The van der Waals surface area contributed by atoms with Crippen molar-refractivity contribution in [2.45, 2.75) is 18.9 Å². The SMILES string of the molecule is COC(=O)[C@@H]1CCCN1C(=O)C1=C=CC=C1. The van der Waals surface area contributed by atoms with E-state index in [0.29, 0.717) is 18.5 Å². The first kappa shape index (κ1) is 10.7. The van der Waals surface area contributed by atoms with E-state index in [9.17, 15) is 9.59 Å². The Morgan fingerprint density at radius 1 is 1.56 bits per heavy atom. The minimum absolute atomic E-state index is 0.141. The van der Waals surface area contributed by atoms with Gasteiger partial charge in [-0.15, -0.1) is 5.73 Å². The van der Waals surface area contributed by atoms with E-state index < -0.39 is 6.04 Å². The summed E-state index contributed by atoms with van der Waals surface area (Å²) in [5, 5.41) is 0. The number of hydrogen-bond acceptors (Lipinski definition) is 3. The number of allylic oxidation sites excluding steroid dienone is 1. The molecular weight excluding hydrogens is 206 g/mol. The van der Waals surface area contributed by atoms with Gasteiger partial charge in [-0.3, -0.25) is 4.79 Å². The molecule has 0 N–H and O–H groups in total. The van der Waals surface area contributed by atoms with Gasteiger partial charge in [0, 0.05) is 6.54 Å². The van der Waals surface area contributed by atoms with Crippen LogP contribution in [0.2, 0.25) is 0 Å². The highest BCUT2D eigenvalue weighted by Crippen LogP contribution is 2.21. The Bertz CT molecular complexity index is 416. The van der Waals surface area contributed by atoms with Crippen molar-refractivity contribution >= 4 is 11.9 Å². The van der Waals surface area contributed by atoms with Crippen LogP contribution in [-0.4, -0.2) is 36.5 Å². The smallest absolute Gasteiger partial charge is 0.328 e. The van der Waals surface area contributed by atoms with E-state index in [1.807, 2.05) is 0 Å². The summed E-state index contributed by atoms with van der Waals surface area (Å²) in [6, 6.07) is -0.430. The lowest BCUT2D eigenvalue weighted by molar-refractivity contribution is -0.149. The second-order valence-electron chi connectivity index (χ2n) is 3.76. The predicted molar refractivity (Wildman–Crippen MR) is 57.5 cm³/mol. The molecule has 2 aliphatic rings. The van der Waals surface area contributed by atoms with Crippen LogP contribution < -0.4 is 0 Å². The van der Waals surface area contributed by atoms with Crippen molar-refractivity contribution in [3.8, 4) is 0 Å². The summed E-state index contributed by atoms with van der Waals surface area (Å²) in [6.45, 7) is 0.609. The summed E-state index contributed by atoms with van der Waals surface area (Å²) in [4.78, 5) is 25.1. The number of carbonyl (C=O) groups excluding carboxylic acids is 2. The molecule has 1 amide bonds. The zero-order chi connectivity index (χ0) is 11.5. The van der Waals surface area contributed by atoms with Crippen molar-refractivity contribution in [3.63, 3.8) is 0 Å². The summed E-state index contributed by atoms with van der Waals surface area (Å²) in [5.74, 6) is -0.477. The first-order valence-electron chi connectivity index (χ1n) is 5.26. The van der Waals surface area contributed by atoms with Gasteiger partial charge < -0.3 is 9.64 Å². The topological polar surface area (TPSA) is 46.6 Å². The number of amides is 1. The molecule has 0 saturated carbocycles. The fourth-order valence-electron chi connectivity index (χ4n) is 2.01. The fourth-order valence-corrected chi connectivity index (χ4v) is 2.01. The van der Waals surface area contributed by atoms with Gasteiger partial charge in [0.05, 0.1) is 12.7 Å². The molecule has 84 valence electrons. The van der Waals surface area contributed by atoms with Crippen LogP contribution in [-0.2, 0) is 14.3 Å². The molecule has 1 saturated heterocycles. The predicted octanol–water partition coefficient (Wildman–Crippen LogP) is 0.802. The molecule has 0 bridgehead atoms. The maximum absolute atomic E-state index is 12.0. The van der Waals surface area contributed by atoms with Crippen molar-refractivity contribution in [3.05, 3.63) is 29.5 Å². The lowest BCUT2D eigenvalue weighted by atomic mass is 10.2. The third-order valence-electron chi connectivity index (χ3n) is 2.82. The van der Waals surface area contributed by atoms with Crippen molar-refractivity contribution in [1.29, 1.82) is 0 Å². The van der Waals surface area contributed by atoms with E-state index in [-0.39, 0.29) is 11.9 Å². The van der Waals surface area contributed by atoms with Crippen molar-refractivity contribution in [2.75, 3.05) is 13.7 Å². The highest BCUT2D eigenvalue weighted by Gasteiger charge is 2.35. The molecule has 0 unspecified atom stereocenters. The molecule has 1 aliphatic heterocycles. The monoisotopic (exact) mass is 219 g/mol. The van der Waals surface area contributed by atoms with Crippen molar-refractivity contribution < 1.29 is 14.3 Å². The normalized spacial score (nSPS) is 22.4. The van der Waals surface area contributed by atoms with Gasteiger partial charge in [0.1, 0.15) is 6.04 Å². The number of ether oxygens (including phenoxy) is 1. The number of carbonyl (C=O) groups is 2. The Kier molecular flexibility index (Phi) is 2.93. The van der Waals surface area contributed by atoms with Crippen LogP contribution in [0.4, 0.5) is 0 Å². The molecule has 1 atom stereocenters. The van der Waals surface area contributed by atoms with E-state index in [4.69, 9.17) is 0 Å². The average Bonchev–Trinajstić information content (AvgIpc) is 2.97. The number of methoxy groups -OCH3 is 1. The summed E-state index contributed by atoms with van der Waals surface area (Å²) >= 11 is 0. The number of hydrogen-bond donors (Lipinski definition) is 0. The zero-order valence-corrected chi connectivity index (χ0v) is 9.10. The van der Waals surface area contributed by atoms with E-state index in [1.54, 1.807) is 23.1 Å². The summed E-state index contributed by atoms with van der Waals surface area (Å²) < 4.78 is 4.69. The van der Waals surface area contributed by atoms with Crippen molar-refractivity contribution in [2.24, 2.45) is 0 Å². The van der Waals surface area contributed by atoms with Gasteiger partial charge >= 0.3 is 5.97 Å². The standard InChI is InChI=1S/C12H13NO3/c1-16-12(15)10-7-4-8-13(10)11(14)9-5-2-3-6-9/h2-3,5,10H,4,7-8H2,1H3/t10-/m0/s1. The highest BCUT2D eigenvalue weighted by molar-refractivity contribution is 5.99. The Balaban J connectivity index is 2.14. The number of nitrogens with zero attached hydrogens (tertiary/aromatic N) is 1. The van der Waals surface area contributed by atoms with E-state index >= 15 is 0 Å². The van der Waals surface area contributed by atoms with Crippen LogP contribution in [0, 0.1) is 0 Å². The zero-order valence-electron chi connectivity index (χ0n) is 9.10. The molecule has 1 aliphatic carbocycles. The van der Waals surface area contributed by atoms with E-state index in [1.165, 1.54) is 7.11 Å². The maximum Gasteiger partial charge on any atom is 0.328 e. The van der Waals surface area contributed by atoms with Gasteiger partial charge in [-0.2, -0.15) is 0 Å². The van der Waals surface area contributed by atoms with Gasteiger partial charge in [-0.25, -0.2) is 4.79 Å². The Morgan fingerprint density at radius 2 is 2.38 bits per heavy atom. The van der Waals surface area contributed by atoms with Crippen LogP contribution in [0.25, 0.3) is 0 Å². The summed E-state index contributed by atoms with van der Waals surface area (Å²) in [7, 11) is 1.35. The third-order valence-corrected chi connectivity index (χ3v) is 2.82. The Morgan fingerprint density at radius 3 is 3.00 bits per heavy atom. The van der Waals surface area contributed by atoms with Crippen LogP contribution in [0.1, 0.15) is 12.8 Å². The quantitative estimate of drug-likeness (QED) is 0.510. The molecular formula is C12H13NO3. The number of rotatable bonds is 2. The van der Waals surface area contributed by atoms with Crippen LogP contribution in [0.5, 0.6) is 0 Å². The van der Waals surface area contributed by atoms with Crippen LogP contribution in [0.15, 0.2) is 29.5 Å². The van der Waals surface area contributed by atoms with Crippen LogP contribution >= 0.6 is 0 Å². The second-order valence-corrected chi connectivity index (χ2v) is 3.76. The Hall–Kier alpha value is -1.80. The van der Waals surface area contributed by atoms with Gasteiger partial charge in [0.15, 0.2) is 0 Å². The van der Waals surface area contributed by atoms with E-state index in [0.717, 1.165) is 6.42 Å². The molecule has 16 heavy (non-hydrogen) atoms. The number of likely N-dealkylation sites (tertiary alicyclic amines) is 1. The molecule has 1 fully saturated rings. The maximum atomic E-state index is 12.0. The summed E-state index contributed by atoms with van der Waals surface area (Å²) in [6.07, 6.45) is 6.67. The fraction of sp³-hybridized carbons (Fsp3) is 0.417. The largest absolute Gasteiger partial charge is 0.467 e. The Labute approximate surface area is 93.9 Å². The van der Waals surface area contributed by atoms with Gasteiger partial charge in [0.25, 0.3) is 5.91 Å². The van der Waals surface area contributed by atoms with Gasteiger partial charge in [-0.05, 0) is 25.0 Å². The molecule has 4 heteroatoms. The first-order chi connectivity index (χ1) is 7.74. The summed E-state index contributed by atoms with van der Waals surface area (Å²) in [5.41, 5.74) is 3.36. The highest BCUT2D eigenvalue weighted by atomic mass is 16.5. The average molecular weight is 219 g/mol. The molecule has 0 radical (unpaired) electrons. The minimum atomic E-state index is -0.430. The third kappa shape index (κ3) is 1.79. The molecule has 0 spiro atoms. The van der Waals surface area contributed by atoms with Gasteiger partial charge in [-0.1, -0.05) is 6.08 Å². The molecule has 0 aromatic heterocycles. The van der Waals surface area contributed by atoms with Crippen LogP contribution in [0.3, 0.4) is 0 Å². The molecule has 0 aromatic rings. The lowest BCUT2D eigenvalue weighted by Crippen LogP contribution is -2.41. The lowest BCUT2D eigenvalue weighted by Gasteiger charge is -2.22. The minimum Gasteiger partial charge on any atom is -0.467 e. The molecule has 0 aromatic carbocycles.